The summed E-state index contributed by atoms with van der Waals surface area (Å²) in [7, 11) is 2.14. The first-order valence-corrected chi connectivity index (χ1v) is 13.7. The van der Waals surface area contributed by atoms with Gasteiger partial charge in [-0.2, -0.15) is 10.2 Å². The number of nitrogen functional groups attached to an aromatic ring is 1. The minimum atomic E-state index is -0.183. The fourth-order valence-electron chi connectivity index (χ4n) is 5.13. The lowest BCUT2D eigenvalue weighted by molar-refractivity contribution is 0.148. The number of likely N-dealkylation sites (N-methyl/N-ethyl adjacent to an activating group) is 1. The van der Waals surface area contributed by atoms with Crippen LogP contribution in [0, 0.1) is 3.70 Å². The third kappa shape index (κ3) is 4.46. The van der Waals surface area contributed by atoms with E-state index in [-0.39, 0.29) is 11.6 Å². The Balaban J connectivity index is 1.41. The van der Waals surface area contributed by atoms with Crippen molar-refractivity contribution in [2.75, 3.05) is 45.5 Å². The van der Waals surface area contributed by atoms with Gasteiger partial charge in [0.15, 0.2) is 5.65 Å². The number of halogens is 1. The van der Waals surface area contributed by atoms with Gasteiger partial charge in [-0.1, -0.05) is 6.07 Å². The van der Waals surface area contributed by atoms with Crippen molar-refractivity contribution in [2.45, 2.75) is 19.5 Å². The lowest BCUT2D eigenvalue weighted by Gasteiger charge is -2.32. The van der Waals surface area contributed by atoms with Gasteiger partial charge in [-0.3, -0.25) is 9.69 Å². The second-order valence-electron chi connectivity index (χ2n) is 9.74. The van der Waals surface area contributed by atoms with Crippen molar-refractivity contribution in [1.29, 1.82) is 0 Å². The first-order chi connectivity index (χ1) is 18.4. The van der Waals surface area contributed by atoms with E-state index in [1.165, 1.54) is 6.33 Å². The number of aromatic nitrogens is 7. The van der Waals surface area contributed by atoms with E-state index in [0.29, 0.717) is 18.0 Å². The monoisotopic (exact) mass is 624 g/mol. The van der Waals surface area contributed by atoms with Crippen LogP contribution in [0.15, 0.2) is 53.7 Å². The van der Waals surface area contributed by atoms with Crippen LogP contribution < -0.4 is 11.3 Å². The minimum absolute atomic E-state index is 0.0989. The largest absolute Gasteiger partial charge is 0.383 e. The van der Waals surface area contributed by atoms with E-state index >= 15 is 0 Å². The van der Waals surface area contributed by atoms with Crippen molar-refractivity contribution >= 4 is 45.0 Å². The van der Waals surface area contributed by atoms with Crippen LogP contribution in [0.2, 0.25) is 0 Å². The van der Waals surface area contributed by atoms with Gasteiger partial charge < -0.3 is 15.0 Å². The zero-order valence-electron chi connectivity index (χ0n) is 21.3. The summed E-state index contributed by atoms with van der Waals surface area (Å²) in [6, 6.07) is 11.5. The molecule has 196 valence electrons. The van der Waals surface area contributed by atoms with Crippen molar-refractivity contribution in [2.24, 2.45) is 0 Å². The Morgan fingerprint density at radius 1 is 1.05 bits per heavy atom. The van der Waals surface area contributed by atoms with Crippen LogP contribution in [0.25, 0.3) is 27.9 Å². The first-order valence-electron chi connectivity index (χ1n) is 12.6. The number of rotatable bonds is 6. The van der Waals surface area contributed by atoms with Gasteiger partial charge in [0.1, 0.15) is 21.5 Å². The molecule has 1 atom stereocenters. The number of nitrogens with zero attached hydrogens (tertiary/aromatic N) is 9. The molecule has 0 amide bonds. The molecular formula is C26H29IN10O. The standard InChI is InChI=1S/C26H29IN10O/c1-17(37-26-22(24(27)32-37)25(28)29-16-30-26)19-15-18-5-3-4-8-35(18)23(19)20-6-7-21(38)36(31-20)14-13-34-11-9-33(2)10-12-34/h3-8,15-17H,9-14H2,1-2H3,(H2,28,29,30). The second-order valence-corrected chi connectivity index (χ2v) is 10.8. The average molecular weight is 624 g/mol. The predicted molar refractivity (Wildman–Crippen MR) is 155 cm³/mol. The Hall–Kier alpha value is -3.36. The number of hydrogen-bond acceptors (Lipinski definition) is 8. The van der Waals surface area contributed by atoms with Gasteiger partial charge in [-0.05, 0) is 60.8 Å². The van der Waals surface area contributed by atoms with Crippen LogP contribution in [0.4, 0.5) is 5.82 Å². The summed E-state index contributed by atoms with van der Waals surface area (Å²) < 4.78 is 6.34. The quantitative estimate of drug-likeness (QED) is 0.287. The molecule has 0 bridgehead atoms. The SMILES string of the molecule is CC(c1cc2ccccn2c1-c1ccc(=O)n(CCN2CCN(C)CC2)n1)n1nc(I)c2c(N)ncnc21. The molecular weight excluding hydrogens is 595 g/mol. The van der Waals surface area contributed by atoms with Gasteiger partial charge in [0.2, 0.25) is 0 Å². The number of fused-ring (bicyclic) bond motifs is 2. The number of nitrogens with two attached hydrogens (primary N) is 1. The second kappa shape index (κ2) is 10.1. The Morgan fingerprint density at radius 2 is 1.87 bits per heavy atom. The van der Waals surface area contributed by atoms with Crippen molar-refractivity contribution in [3.63, 3.8) is 0 Å². The van der Waals surface area contributed by atoms with E-state index < -0.39 is 0 Å². The normalized spacial score (nSPS) is 16.0. The topological polar surface area (TPSA) is 115 Å². The van der Waals surface area contributed by atoms with Crippen molar-refractivity contribution in [3.8, 4) is 11.4 Å². The van der Waals surface area contributed by atoms with E-state index in [1.807, 2.05) is 29.1 Å². The third-order valence-corrected chi connectivity index (χ3v) is 8.09. The van der Waals surface area contributed by atoms with Crippen LogP contribution in [0.1, 0.15) is 18.5 Å². The lowest BCUT2D eigenvalue weighted by Crippen LogP contribution is -2.46. The smallest absolute Gasteiger partial charge is 0.266 e. The lowest BCUT2D eigenvalue weighted by atomic mass is 10.1. The van der Waals surface area contributed by atoms with Gasteiger partial charge in [0, 0.05) is 56.1 Å². The highest BCUT2D eigenvalue weighted by molar-refractivity contribution is 14.1. The first kappa shape index (κ1) is 24.9. The van der Waals surface area contributed by atoms with E-state index in [1.54, 1.807) is 10.7 Å². The Kier molecular flexibility index (Phi) is 6.61. The molecule has 5 aromatic heterocycles. The molecule has 12 heteroatoms. The maximum absolute atomic E-state index is 12.8. The van der Waals surface area contributed by atoms with E-state index in [2.05, 4.69) is 72.9 Å². The van der Waals surface area contributed by atoms with Gasteiger partial charge in [0.25, 0.3) is 5.56 Å². The highest BCUT2D eigenvalue weighted by atomic mass is 127. The molecule has 5 aromatic rings. The Bertz CT molecular complexity index is 1680. The summed E-state index contributed by atoms with van der Waals surface area (Å²) in [4.78, 5) is 26.1. The highest BCUT2D eigenvalue weighted by Crippen LogP contribution is 2.34. The van der Waals surface area contributed by atoms with E-state index in [0.717, 1.165) is 64.3 Å². The number of pyridine rings is 1. The van der Waals surface area contributed by atoms with Gasteiger partial charge >= 0.3 is 0 Å². The summed E-state index contributed by atoms with van der Waals surface area (Å²) in [6.07, 6.45) is 3.49. The molecule has 1 unspecified atom stereocenters. The summed E-state index contributed by atoms with van der Waals surface area (Å²) in [5.74, 6) is 0.411. The summed E-state index contributed by atoms with van der Waals surface area (Å²) in [6.45, 7) is 7.50. The molecule has 6 heterocycles. The summed E-state index contributed by atoms with van der Waals surface area (Å²) in [5, 5.41) is 10.4. The number of hydrogen-bond donors (Lipinski definition) is 1. The van der Waals surface area contributed by atoms with Gasteiger partial charge in [-0.25, -0.2) is 19.3 Å². The Labute approximate surface area is 233 Å². The molecule has 1 saturated heterocycles. The minimum Gasteiger partial charge on any atom is -0.383 e. The highest BCUT2D eigenvalue weighted by Gasteiger charge is 2.24. The molecule has 0 spiro atoms. The Morgan fingerprint density at radius 3 is 2.68 bits per heavy atom. The fourth-order valence-corrected chi connectivity index (χ4v) is 5.88. The maximum Gasteiger partial charge on any atom is 0.266 e. The predicted octanol–water partition coefficient (Wildman–Crippen LogP) is 2.35. The van der Waals surface area contributed by atoms with Crippen LogP contribution in [0.5, 0.6) is 0 Å². The summed E-state index contributed by atoms with van der Waals surface area (Å²) >= 11 is 2.17. The van der Waals surface area contributed by atoms with Crippen LogP contribution in [-0.4, -0.2) is 83.5 Å². The molecule has 0 radical (unpaired) electrons. The molecule has 11 nitrogen and oxygen atoms in total. The molecule has 1 aliphatic heterocycles. The molecule has 0 aromatic carbocycles. The third-order valence-electron chi connectivity index (χ3n) is 7.33. The van der Waals surface area contributed by atoms with E-state index in [4.69, 9.17) is 15.9 Å². The molecule has 2 N–H and O–H groups in total. The molecule has 6 rings (SSSR count). The number of anilines is 1. The summed E-state index contributed by atoms with van der Waals surface area (Å²) in [5.41, 5.74) is 10.4. The maximum atomic E-state index is 12.8. The van der Waals surface area contributed by atoms with E-state index in [9.17, 15) is 4.79 Å². The molecule has 1 aliphatic rings. The van der Waals surface area contributed by atoms with Crippen molar-refractivity contribution in [1.82, 2.24) is 43.7 Å². The van der Waals surface area contributed by atoms with Crippen LogP contribution in [-0.2, 0) is 6.54 Å². The zero-order valence-corrected chi connectivity index (χ0v) is 23.5. The van der Waals surface area contributed by atoms with Gasteiger partial charge in [-0.15, -0.1) is 0 Å². The molecule has 0 saturated carbocycles. The molecule has 0 aliphatic carbocycles. The van der Waals surface area contributed by atoms with Crippen molar-refractivity contribution < 1.29 is 0 Å². The van der Waals surface area contributed by atoms with Crippen LogP contribution in [0.3, 0.4) is 0 Å². The van der Waals surface area contributed by atoms with Gasteiger partial charge in [0.05, 0.1) is 23.7 Å². The van der Waals surface area contributed by atoms with Crippen LogP contribution >= 0.6 is 22.6 Å². The zero-order chi connectivity index (χ0) is 26.4. The fraction of sp³-hybridized carbons (Fsp3) is 0.346. The molecule has 38 heavy (non-hydrogen) atoms. The number of piperazine rings is 1. The average Bonchev–Trinajstić information content (AvgIpc) is 3.48. The van der Waals surface area contributed by atoms with Crippen molar-refractivity contribution in [3.05, 3.63) is 68.5 Å². The molecule has 1 fully saturated rings.